The highest BCUT2D eigenvalue weighted by atomic mass is 16.5. The summed E-state index contributed by atoms with van der Waals surface area (Å²) in [4.78, 5) is 13.1. The van der Waals surface area contributed by atoms with E-state index in [0.717, 1.165) is 0 Å². The van der Waals surface area contributed by atoms with E-state index in [1.807, 2.05) is 6.92 Å². The maximum Gasteiger partial charge on any atom is 0.236 e. The van der Waals surface area contributed by atoms with Crippen molar-refractivity contribution in [3.8, 4) is 0 Å². The number of ether oxygens (including phenoxy) is 1. The molecule has 1 saturated heterocycles. The largest absolute Gasteiger partial charge is 0.388 e. The summed E-state index contributed by atoms with van der Waals surface area (Å²) in [6.07, 6.45) is -0.767. The third-order valence-corrected chi connectivity index (χ3v) is 2.30. The van der Waals surface area contributed by atoms with Gasteiger partial charge in [0.1, 0.15) is 6.10 Å². The monoisotopic (exact) mass is 202 g/mol. The van der Waals surface area contributed by atoms with Crippen molar-refractivity contribution in [3.05, 3.63) is 0 Å². The SMILES string of the molecule is CCOC1CN(C(=O)CNC)CC1O. The summed E-state index contributed by atoms with van der Waals surface area (Å²) in [5.74, 6) is 0.00810. The van der Waals surface area contributed by atoms with E-state index in [1.165, 1.54) is 0 Å². The molecule has 2 atom stereocenters. The zero-order chi connectivity index (χ0) is 10.6. The molecule has 1 heterocycles. The molecule has 1 rings (SSSR count). The first-order chi connectivity index (χ1) is 6.69. The van der Waals surface area contributed by atoms with Crippen molar-refractivity contribution in [2.24, 2.45) is 0 Å². The highest BCUT2D eigenvalue weighted by Crippen LogP contribution is 2.13. The van der Waals surface area contributed by atoms with Gasteiger partial charge in [0.15, 0.2) is 0 Å². The fraction of sp³-hybridized carbons (Fsp3) is 0.889. The van der Waals surface area contributed by atoms with E-state index < -0.39 is 6.10 Å². The summed E-state index contributed by atoms with van der Waals surface area (Å²) in [5.41, 5.74) is 0. The second-order valence-electron chi connectivity index (χ2n) is 3.39. The average Bonchev–Trinajstić information content (AvgIpc) is 2.49. The number of aliphatic hydroxyl groups is 1. The van der Waals surface area contributed by atoms with Crippen LogP contribution in [0.15, 0.2) is 0 Å². The summed E-state index contributed by atoms with van der Waals surface area (Å²) >= 11 is 0. The number of aliphatic hydroxyl groups excluding tert-OH is 1. The molecule has 1 amide bonds. The van der Waals surface area contributed by atoms with Crippen molar-refractivity contribution in [2.75, 3.05) is 33.3 Å². The van der Waals surface area contributed by atoms with Crippen LogP contribution in [0.3, 0.4) is 0 Å². The molecule has 1 aliphatic heterocycles. The van der Waals surface area contributed by atoms with Gasteiger partial charge in [-0.1, -0.05) is 0 Å². The predicted octanol–water partition coefficient (Wildman–Crippen LogP) is -1.19. The number of carbonyl (C=O) groups excluding carboxylic acids is 1. The first-order valence-corrected chi connectivity index (χ1v) is 4.91. The topological polar surface area (TPSA) is 61.8 Å². The molecule has 1 fully saturated rings. The number of rotatable bonds is 4. The molecule has 0 aromatic rings. The smallest absolute Gasteiger partial charge is 0.236 e. The molecule has 0 radical (unpaired) electrons. The van der Waals surface area contributed by atoms with Crippen LogP contribution < -0.4 is 5.32 Å². The normalized spacial score (nSPS) is 26.9. The number of nitrogens with zero attached hydrogens (tertiary/aromatic N) is 1. The third kappa shape index (κ3) is 2.67. The van der Waals surface area contributed by atoms with Crippen molar-refractivity contribution in [2.45, 2.75) is 19.1 Å². The average molecular weight is 202 g/mol. The summed E-state index contributed by atoms with van der Waals surface area (Å²) in [7, 11) is 1.73. The quantitative estimate of drug-likeness (QED) is 0.602. The molecule has 2 N–H and O–H groups in total. The molecule has 0 spiro atoms. The van der Waals surface area contributed by atoms with Crippen LogP contribution in [0.1, 0.15) is 6.92 Å². The van der Waals surface area contributed by atoms with Gasteiger partial charge < -0.3 is 20.1 Å². The van der Waals surface area contributed by atoms with E-state index in [9.17, 15) is 9.90 Å². The van der Waals surface area contributed by atoms with Crippen LogP contribution >= 0.6 is 0 Å². The summed E-state index contributed by atoms with van der Waals surface area (Å²) in [6.45, 7) is 3.63. The van der Waals surface area contributed by atoms with Gasteiger partial charge in [-0.05, 0) is 14.0 Å². The number of likely N-dealkylation sites (tertiary alicyclic amines) is 1. The predicted molar refractivity (Wildman–Crippen MR) is 51.9 cm³/mol. The molecule has 5 heteroatoms. The van der Waals surface area contributed by atoms with Gasteiger partial charge in [0.25, 0.3) is 0 Å². The zero-order valence-electron chi connectivity index (χ0n) is 8.69. The number of carbonyl (C=O) groups is 1. The van der Waals surface area contributed by atoms with Gasteiger partial charge in [0.05, 0.1) is 12.6 Å². The van der Waals surface area contributed by atoms with Crippen LogP contribution in [0.4, 0.5) is 0 Å². The lowest BCUT2D eigenvalue weighted by molar-refractivity contribution is -0.129. The first-order valence-electron chi connectivity index (χ1n) is 4.91. The van der Waals surface area contributed by atoms with E-state index in [1.54, 1.807) is 11.9 Å². The molecule has 0 aromatic heterocycles. The lowest BCUT2D eigenvalue weighted by Gasteiger charge is -2.15. The molecule has 5 nitrogen and oxygen atoms in total. The van der Waals surface area contributed by atoms with Gasteiger partial charge in [-0.3, -0.25) is 4.79 Å². The Morgan fingerprint density at radius 3 is 2.93 bits per heavy atom. The van der Waals surface area contributed by atoms with Crippen molar-refractivity contribution >= 4 is 5.91 Å². The van der Waals surface area contributed by atoms with Gasteiger partial charge >= 0.3 is 0 Å². The highest BCUT2D eigenvalue weighted by Gasteiger charge is 2.33. The Morgan fingerprint density at radius 2 is 2.36 bits per heavy atom. The van der Waals surface area contributed by atoms with Crippen LogP contribution in [-0.4, -0.2) is 61.4 Å². The van der Waals surface area contributed by atoms with Gasteiger partial charge in [-0.15, -0.1) is 0 Å². The Kier molecular flexibility index (Phi) is 4.31. The van der Waals surface area contributed by atoms with Crippen LogP contribution in [-0.2, 0) is 9.53 Å². The fourth-order valence-electron chi connectivity index (χ4n) is 1.60. The minimum Gasteiger partial charge on any atom is -0.388 e. The highest BCUT2D eigenvalue weighted by molar-refractivity contribution is 5.78. The minimum absolute atomic E-state index is 0.00810. The standard InChI is InChI=1S/C9H18N2O3/c1-3-14-8-6-11(5-7(8)12)9(13)4-10-2/h7-8,10,12H,3-6H2,1-2H3. The Labute approximate surface area is 84.0 Å². The van der Waals surface area contributed by atoms with Gasteiger partial charge in [-0.25, -0.2) is 0 Å². The van der Waals surface area contributed by atoms with Gasteiger partial charge in [0.2, 0.25) is 5.91 Å². The number of nitrogens with one attached hydrogen (secondary N) is 1. The Bertz CT molecular complexity index is 198. The number of β-amino-alcohol motifs (C(OH)–C–C–N with tert-alkyl or cyclic N) is 1. The second-order valence-corrected chi connectivity index (χ2v) is 3.39. The fourth-order valence-corrected chi connectivity index (χ4v) is 1.60. The van der Waals surface area contributed by atoms with Crippen molar-refractivity contribution in [1.82, 2.24) is 10.2 Å². The van der Waals surface area contributed by atoms with E-state index in [2.05, 4.69) is 5.32 Å². The molecule has 0 aliphatic carbocycles. The summed E-state index contributed by atoms with van der Waals surface area (Å²) in [6, 6.07) is 0. The molecular weight excluding hydrogens is 184 g/mol. The molecule has 82 valence electrons. The maximum atomic E-state index is 11.4. The van der Waals surface area contributed by atoms with Crippen molar-refractivity contribution in [3.63, 3.8) is 0 Å². The van der Waals surface area contributed by atoms with Crippen LogP contribution in [0.25, 0.3) is 0 Å². The molecule has 0 bridgehead atoms. The van der Waals surface area contributed by atoms with E-state index in [-0.39, 0.29) is 12.0 Å². The van der Waals surface area contributed by atoms with Crippen LogP contribution in [0.5, 0.6) is 0 Å². The van der Waals surface area contributed by atoms with Gasteiger partial charge in [0, 0.05) is 19.7 Å². The summed E-state index contributed by atoms with van der Waals surface area (Å²) in [5, 5.41) is 12.4. The number of likely N-dealkylation sites (N-methyl/N-ethyl adjacent to an activating group) is 1. The molecule has 0 saturated carbocycles. The molecule has 14 heavy (non-hydrogen) atoms. The van der Waals surface area contributed by atoms with E-state index in [0.29, 0.717) is 26.2 Å². The third-order valence-electron chi connectivity index (χ3n) is 2.30. The van der Waals surface area contributed by atoms with Crippen molar-refractivity contribution < 1.29 is 14.6 Å². The maximum absolute atomic E-state index is 11.4. The molecule has 1 aliphatic rings. The van der Waals surface area contributed by atoms with Crippen molar-refractivity contribution in [1.29, 1.82) is 0 Å². The Hall–Kier alpha value is -0.650. The first kappa shape index (κ1) is 11.4. The zero-order valence-corrected chi connectivity index (χ0v) is 8.69. The van der Waals surface area contributed by atoms with E-state index >= 15 is 0 Å². The number of hydrogen-bond acceptors (Lipinski definition) is 4. The number of hydrogen-bond donors (Lipinski definition) is 2. The van der Waals surface area contributed by atoms with Crippen LogP contribution in [0, 0.1) is 0 Å². The van der Waals surface area contributed by atoms with Gasteiger partial charge in [-0.2, -0.15) is 0 Å². The second kappa shape index (κ2) is 5.29. The Balaban J connectivity index is 2.41. The molecular formula is C9H18N2O3. The molecule has 2 unspecified atom stereocenters. The number of amides is 1. The molecule has 0 aromatic carbocycles. The van der Waals surface area contributed by atoms with Crippen LogP contribution in [0.2, 0.25) is 0 Å². The Morgan fingerprint density at radius 1 is 1.64 bits per heavy atom. The summed E-state index contributed by atoms with van der Waals surface area (Å²) < 4.78 is 5.31. The lowest BCUT2D eigenvalue weighted by Crippen LogP contribution is -2.36. The minimum atomic E-state index is -0.546. The lowest BCUT2D eigenvalue weighted by atomic mass is 10.3. The van der Waals surface area contributed by atoms with E-state index in [4.69, 9.17) is 4.74 Å².